The van der Waals surface area contributed by atoms with E-state index >= 15 is 0 Å². The molecule has 2 aromatic heterocycles. The number of aliphatic hydroxyl groups excluding tert-OH is 1. The second-order valence-corrected chi connectivity index (χ2v) is 7.10. The van der Waals surface area contributed by atoms with Gasteiger partial charge in [0.1, 0.15) is 6.33 Å². The first-order valence-electron chi connectivity index (χ1n) is 8.42. The predicted octanol–water partition coefficient (Wildman–Crippen LogP) is 0.306. The fraction of sp³-hybridized carbons (Fsp3) is 0.688. The zero-order valence-electron chi connectivity index (χ0n) is 13.9. The van der Waals surface area contributed by atoms with E-state index in [4.69, 9.17) is 4.74 Å². The van der Waals surface area contributed by atoms with E-state index in [9.17, 15) is 10.2 Å². The van der Waals surface area contributed by atoms with Crippen molar-refractivity contribution in [1.82, 2.24) is 19.8 Å². The minimum absolute atomic E-state index is 0.203. The van der Waals surface area contributed by atoms with Gasteiger partial charge in [-0.3, -0.25) is 0 Å². The number of hydrogen-bond acceptors (Lipinski definition) is 7. The van der Waals surface area contributed by atoms with E-state index < -0.39 is 5.60 Å². The fourth-order valence-electron chi connectivity index (χ4n) is 3.97. The van der Waals surface area contributed by atoms with Crippen molar-refractivity contribution in [3.8, 4) is 0 Å². The summed E-state index contributed by atoms with van der Waals surface area (Å²) in [4.78, 5) is 2.28. The van der Waals surface area contributed by atoms with Gasteiger partial charge in [0.2, 0.25) is 5.65 Å². The zero-order valence-corrected chi connectivity index (χ0v) is 13.9. The quantitative estimate of drug-likeness (QED) is 0.816. The Kier molecular flexibility index (Phi) is 3.70. The van der Waals surface area contributed by atoms with Crippen LogP contribution in [0, 0.1) is 6.92 Å². The van der Waals surface area contributed by atoms with Crippen LogP contribution in [0.2, 0.25) is 0 Å². The van der Waals surface area contributed by atoms with E-state index in [0.29, 0.717) is 19.4 Å². The number of aliphatic hydroxyl groups is 2. The summed E-state index contributed by atoms with van der Waals surface area (Å²) < 4.78 is 7.75. The van der Waals surface area contributed by atoms with Gasteiger partial charge in [0.15, 0.2) is 0 Å². The number of anilines is 1. The molecular weight excluding hydrogens is 310 g/mol. The lowest BCUT2D eigenvalue weighted by Gasteiger charge is -2.49. The standard InChI is InChI=1S/C16H23N5O3/c1-12-8-13(14-18-17-11-21(14)19-12)20-5-2-16(3-6-20)9-15(23,10-22)4-7-24-16/h8,11,22-23H,2-7,9-10H2,1H3. The number of piperidine rings is 1. The first-order chi connectivity index (χ1) is 11.5. The molecule has 24 heavy (non-hydrogen) atoms. The molecule has 0 amide bonds. The lowest BCUT2D eigenvalue weighted by molar-refractivity contribution is -0.180. The third-order valence-corrected chi connectivity index (χ3v) is 5.31. The van der Waals surface area contributed by atoms with E-state index in [0.717, 1.165) is 43.0 Å². The van der Waals surface area contributed by atoms with E-state index in [1.165, 1.54) is 0 Å². The molecule has 8 heteroatoms. The number of aromatic nitrogens is 4. The highest BCUT2D eigenvalue weighted by Gasteiger charge is 2.46. The van der Waals surface area contributed by atoms with Crippen LogP contribution in [-0.2, 0) is 4.74 Å². The molecule has 1 spiro atoms. The van der Waals surface area contributed by atoms with Gasteiger partial charge in [0.05, 0.1) is 35.8 Å². The molecule has 2 aliphatic rings. The summed E-state index contributed by atoms with van der Waals surface area (Å²) in [6, 6.07) is 2.04. The Morgan fingerprint density at radius 3 is 2.83 bits per heavy atom. The summed E-state index contributed by atoms with van der Waals surface area (Å²) in [6.07, 6.45) is 4.25. The number of nitrogens with zero attached hydrogens (tertiary/aromatic N) is 5. The normalized spacial score (nSPS) is 27.0. The maximum atomic E-state index is 10.5. The number of fused-ring (bicyclic) bond motifs is 1. The van der Waals surface area contributed by atoms with Crippen molar-refractivity contribution in [2.45, 2.75) is 43.8 Å². The summed E-state index contributed by atoms with van der Waals surface area (Å²) in [5.41, 5.74) is 1.36. The molecule has 2 N–H and O–H groups in total. The molecule has 2 saturated heterocycles. The van der Waals surface area contributed by atoms with Crippen molar-refractivity contribution in [3.63, 3.8) is 0 Å². The van der Waals surface area contributed by atoms with Crippen LogP contribution in [0.4, 0.5) is 5.69 Å². The van der Waals surface area contributed by atoms with E-state index in [-0.39, 0.29) is 12.2 Å². The summed E-state index contributed by atoms with van der Waals surface area (Å²) in [5, 5.41) is 32.4. The molecule has 0 radical (unpaired) electrons. The molecule has 1 atom stereocenters. The van der Waals surface area contributed by atoms with Crippen LogP contribution in [0.25, 0.3) is 5.65 Å². The highest BCUT2D eigenvalue weighted by Crippen LogP contribution is 2.40. The van der Waals surface area contributed by atoms with E-state index in [1.54, 1.807) is 10.8 Å². The summed E-state index contributed by atoms with van der Waals surface area (Å²) >= 11 is 0. The maximum absolute atomic E-state index is 10.5. The van der Waals surface area contributed by atoms with Gasteiger partial charge in [-0.25, -0.2) is 0 Å². The number of rotatable bonds is 2. The molecule has 4 heterocycles. The van der Waals surface area contributed by atoms with Crippen molar-refractivity contribution in [2.24, 2.45) is 0 Å². The van der Waals surface area contributed by atoms with E-state index in [1.807, 2.05) is 13.0 Å². The van der Waals surface area contributed by atoms with Crippen LogP contribution >= 0.6 is 0 Å². The third-order valence-electron chi connectivity index (χ3n) is 5.31. The van der Waals surface area contributed by atoms with Gasteiger partial charge in [-0.2, -0.15) is 9.61 Å². The predicted molar refractivity (Wildman–Crippen MR) is 86.9 cm³/mol. The van der Waals surface area contributed by atoms with Gasteiger partial charge in [-0.1, -0.05) is 0 Å². The van der Waals surface area contributed by atoms with Crippen LogP contribution in [0.15, 0.2) is 12.4 Å². The van der Waals surface area contributed by atoms with Gasteiger partial charge in [-0.15, -0.1) is 10.2 Å². The lowest BCUT2D eigenvalue weighted by atomic mass is 9.77. The Morgan fingerprint density at radius 2 is 2.08 bits per heavy atom. The van der Waals surface area contributed by atoms with Crippen LogP contribution in [0.5, 0.6) is 0 Å². The summed E-state index contributed by atoms with van der Waals surface area (Å²) in [5.74, 6) is 0. The minimum Gasteiger partial charge on any atom is -0.393 e. The number of hydrogen-bond donors (Lipinski definition) is 2. The van der Waals surface area contributed by atoms with Crippen LogP contribution in [0.3, 0.4) is 0 Å². The van der Waals surface area contributed by atoms with Crippen LogP contribution < -0.4 is 4.90 Å². The Bertz CT molecular complexity index is 740. The highest BCUT2D eigenvalue weighted by molar-refractivity contribution is 5.68. The Balaban J connectivity index is 1.54. The van der Waals surface area contributed by atoms with Crippen molar-refractivity contribution in [1.29, 1.82) is 0 Å². The molecule has 4 rings (SSSR count). The Morgan fingerprint density at radius 1 is 1.29 bits per heavy atom. The second-order valence-electron chi connectivity index (χ2n) is 7.10. The minimum atomic E-state index is -1.01. The van der Waals surface area contributed by atoms with Gasteiger partial charge in [0, 0.05) is 25.9 Å². The fourth-order valence-corrected chi connectivity index (χ4v) is 3.97. The van der Waals surface area contributed by atoms with Crippen molar-refractivity contribution in [2.75, 3.05) is 31.2 Å². The van der Waals surface area contributed by atoms with Crippen LogP contribution in [-0.4, -0.2) is 67.5 Å². The topological polar surface area (TPSA) is 96.0 Å². The highest BCUT2D eigenvalue weighted by atomic mass is 16.5. The average molecular weight is 333 g/mol. The van der Waals surface area contributed by atoms with Gasteiger partial charge < -0.3 is 19.8 Å². The van der Waals surface area contributed by atoms with Crippen molar-refractivity contribution in [3.05, 3.63) is 18.1 Å². The zero-order chi connectivity index (χ0) is 16.8. The SMILES string of the molecule is Cc1cc(N2CCC3(CC2)CC(O)(CO)CCO3)c2nncn2n1. The van der Waals surface area contributed by atoms with E-state index in [2.05, 4.69) is 20.2 Å². The smallest absolute Gasteiger partial charge is 0.200 e. The molecular formula is C16H23N5O3. The molecule has 0 aliphatic carbocycles. The van der Waals surface area contributed by atoms with Gasteiger partial charge >= 0.3 is 0 Å². The molecule has 2 fully saturated rings. The molecule has 0 aromatic carbocycles. The summed E-state index contributed by atoms with van der Waals surface area (Å²) in [7, 11) is 0. The number of aryl methyl sites for hydroxylation is 1. The largest absolute Gasteiger partial charge is 0.393 e. The van der Waals surface area contributed by atoms with Crippen molar-refractivity contribution >= 4 is 11.3 Å². The van der Waals surface area contributed by atoms with Crippen molar-refractivity contribution < 1.29 is 14.9 Å². The molecule has 0 bridgehead atoms. The average Bonchev–Trinajstić information content (AvgIpc) is 3.03. The third kappa shape index (κ3) is 2.64. The lowest BCUT2D eigenvalue weighted by Crippen LogP contribution is -2.55. The summed E-state index contributed by atoms with van der Waals surface area (Å²) in [6.45, 7) is 3.88. The molecule has 0 saturated carbocycles. The van der Waals surface area contributed by atoms with Gasteiger partial charge in [-0.05, 0) is 25.8 Å². The second kappa shape index (κ2) is 5.65. The Hall–Kier alpha value is -1.77. The first kappa shape index (κ1) is 15.7. The molecule has 2 aromatic rings. The molecule has 2 aliphatic heterocycles. The first-order valence-corrected chi connectivity index (χ1v) is 8.42. The molecule has 130 valence electrons. The maximum Gasteiger partial charge on any atom is 0.200 e. The number of ether oxygens (including phenoxy) is 1. The molecule has 8 nitrogen and oxygen atoms in total. The van der Waals surface area contributed by atoms with Gasteiger partial charge in [0.25, 0.3) is 0 Å². The monoisotopic (exact) mass is 333 g/mol. The molecule has 1 unspecified atom stereocenters. The van der Waals surface area contributed by atoms with Crippen LogP contribution in [0.1, 0.15) is 31.4 Å². The Labute approximate surface area is 140 Å².